The Balaban J connectivity index is 2.16. The number of aliphatic hydroxyl groups is 1. The van der Waals surface area contributed by atoms with Gasteiger partial charge in [0.1, 0.15) is 0 Å². The van der Waals surface area contributed by atoms with Gasteiger partial charge in [-0.15, -0.1) is 0 Å². The van der Waals surface area contributed by atoms with Gasteiger partial charge in [0, 0.05) is 0 Å². The van der Waals surface area contributed by atoms with Crippen molar-refractivity contribution in [1.29, 1.82) is 0 Å². The predicted molar refractivity (Wildman–Crippen MR) is 75.4 cm³/mol. The fourth-order valence-electron chi connectivity index (χ4n) is 1.99. The van der Waals surface area contributed by atoms with Gasteiger partial charge in [-0.1, -0.05) is 44.2 Å². The van der Waals surface area contributed by atoms with Crippen LogP contribution >= 0.6 is 0 Å². The zero-order valence-corrected chi connectivity index (χ0v) is 11.8. The molecule has 0 unspecified atom stereocenters. The van der Waals surface area contributed by atoms with E-state index in [0.717, 1.165) is 19.3 Å². The molecule has 102 valence electrons. The van der Waals surface area contributed by atoms with Crippen molar-refractivity contribution in [3.63, 3.8) is 0 Å². The van der Waals surface area contributed by atoms with E-state index in [1.807, 2.05) is 18.2 Å². The molecule has 2 heteroatoms. The second-order valence-corrected chi connectivity index (χ2v) is 5.47. The van der Waals surface area contributed by atoms with Crippen LogP contribution in [0.2, 0.25) is 0 Å². The van der Waals surface area contributed by atoms with Gasteiger partial charge in [-0.25, -0.2) is 0 Å². The van der Waals surface area contributed by atoms with E-state index >= 15 is 0 Å². The first-order chi connectivity index (χ1) is 8.58. The molecule has 2 atom stereocenters. The molecule has 0 aliphatic carbocycles. The maximum absolute atomic E-state index is 9.80. The molecule has 1 aromatic rings. The molecule has 18 heavy (non-hydrogen) atoms. The molecule has 0 bridgehead atoms. The Morgan fingerprint density at radius 2 is 1.72 bits per heavy atom. The van der Waals surface area contributed by atoms with Crippen molar-refractivity contribution in [3.05, 3.63) is 35.9 Å². The molecule has 0 aromatic heterocycles. The van der Waals surface area contributed by atoms with Gasteiger partial charge in [0.2, 0.25) is 0 Å². The van der Waals surface area contributed by atoms with Crippen LogP contribution in [0.15, 0.2) is 30.3 Å². The summed E-state index contributed by atoms with van der Waals surface area (Å²) in [4.78, 5) is 0. The Bertz CT molecular complexity index is 308. The fraction of sp³-hybridized carbons (Fsp3) is 0.625. The summed E-state index contributed by atoms with van der Waals surface area (Å²) in [5.41, 5.74) is 1.20. The average molecular weight is 250 g/mol. The second-order valence-electron chi connectivity index (χ2n) is 5.47. The highest BCUT2D eigenvalue weighted by Gasteiger charge is 2.10. The molecule has 0 aliphatic rings. The van der Waals surface area contributed by atoms with Gasteiger partial charge in [-0.2, -0.15) is 0 Å². The zero-order chi connectivity index (χ0) is 13.4. The molecular weight excluding hydrogens is 224 g/mol. The third kappa shape index (κ3) is 6.77. The van der Waals surface area contributed by atoms with Gasteiger partial charge in [-0.3, -0.25) is 0 Å². The maximum atomic E-state index is 9.80. The van der Waals surface area contributed by atoms with E-state index in [-0.39, 0.29) is 12.2 Å². The molecule has 1 N–H and O–H groups in total. The molecule has 0 saturated heterocycles. The van der Waals surface area contributed by atoms with Crippen molar-refractivity contribution < 1.29 is 9.84 Å². The largest absolute Gasteiger partial charge is 0.393 e. The van der Waals surface area contributed by atoms with Crippen molar-refractivity contribution >= 4 is 0 Å². The predicted octanol–water partition coefficient (Wildman–Crippen LogP) is 3.78. The van der Waals surface area contributed by atoms with E-state index in [0.29, 0.717) is 12.5 Å². The van der Waals surface area contributed by atoms with E-state index in [1.54, 1.807) is 0 Å². The average Bonchev–Trinajstić information content (AvgIpc) is 2.34. The number of aliphatic hydroxyl groups excluding tert-OH is 1. The molecule has 0 saturated carbocycles. The van der Waals surface area contributed by atoms with Gasteiger partial charge in [-0.05, 0) is 37.7 Å². The lowest BCUT2D eigenvalue weighted by atomic mass is 10.0. The topological polar surface area (TPSA) is 29.5 Å². The van der Waals surface area contributed by atoms with Gasteiger partial charge >= 0.3 is 0 Å². The van der Waals surface area contributed by atoms with Crippen molar-refractivity contribution in [2.24, 2.45) is 5.92 Å². The van der Waals surface area contributed by atoms with Crippen molar-refractivity contribution in [2.75, 3.05) is 0 Å². The fourth-order valence-corrected chi connectivity index (χ4v) is 1.99. The maximum Gasteiger partial charge on any atom is 0.0720 e. The molecule has 0 heterocycles. The van der Waals surface area contributed by atoms with E-state index in [9.17, 15) is 5.11 Å². The summed E-state index contributed by atoms with van der Waals surface area (Å²) in [6.45, 7) is 7.00. The van der Waals surface area contributed by atoms with Crippen LogP contribution in [0.25, 0.3) is 0 Å². The van der Waals surface area contributed by atoms with Crippen LogP contribution in [-0.4, -0.2) is 17.3 Å². The van der Waals surface area contributed by atoms with Crippen LogP contribution in [0.5, 0.6) is 0 Å². The monoisotopic (exact) mass is 250 g/mol. The number of benzene rings is 1. The second kappa shape index (κ2) is 8.28. The SMILES string of the molecule is CC(C)C[C@@H](O)CC[C@@H](C)OCc1ccccc1. The minimum atomic E-state index is -0.187. The lowest BCUT2D eigenvalue weighted by Crippen LogP contribution is -2.15. The summed E-state index contributed by atoms with van der Waals surface area (Å²) in [6, 6.07) is 10.2. The van der Waals surface area contributed by atoms with Gasteiger partial charge in [0.15, 0.2) is 0 Å². The van der Waals surface area contributed by atoms with Crippen molar-refractivity contribution in [2.45, 2.75) is 58.8 Å². The summed E-state index contributed by atoms with van der Waals surface area (Å²) in [5.74, 6) is 0.556. The number of hydrogen-bond donors (Lipinski definition) is 1. The van der Waals surface area contributed by atoms with E-state index in [1.165, 1.54) is 5.56 Å². The normalized spacial score (nSPS) is 14.7. The lowest BCUT2D eigenvalue weighted by molar-refractivity contribution is 0.0330. The van der Waals surface area contributed by atoms with Crippen LogP contribution in [0, 0.1) is 5.92 Å². The minimum Gasteiger partial charge on any atom is -0.393 e. The minimum absolute atomic E-state index is 0.187. The number of hydrogen-bond acceptors (Lipinski definition) is 2. The summed E-state index contributed by atoms with van der Waals surface area (Å²) in [5, 5.41) is 9.80. The quantitative estimate of drug-likeness (QED) is 0.761. The molecular formula is C16H26O2. The number of rotatable bonds is 8. The van der Waals surface area contributed by atoms with Crippen molar-refractivity contribution in [1.82, 2.24) is 0 Å². The molecule has 0 fully saturated rings. The summed E-state index contributed by atoms with van der Waals surface area (Å²) < 4.78 is 5.77. The van der Waals surface area contributed by atoms with Gasteiger partial charge in [0.25, 0.3) is 0 Å². The molecule has 0 radical (unpaired) electrons. The van der Waals surface area contributed by atoms with Crippen LogP contribution in [0.4, 0.5) is 0 Å². The van der Waals surface area contributed by atoms with Crippen LogP contribution in [0.3, 0.4) is 0 Å². The van der Waals surface area contributed by atoms with Crippen LogP contribution in [-0.2, 0) is 11.3 Å². The Morgan fingerprint density at radius 3 is 2.33 bits per heavy atom. The number of ether oxygens (including phenoxy) is 1. The smallest absolute Gasteiger partial charge is 0.0720 e. The molecule has 1 rings (SSSR count). The lowest BCUT2D eigenvalue weighted by Gasteiger charge is -2.17. The summed E-state index contributed by atoms with van der Waals surface area (Å²) in [7, 11) is 0. The first-order valence-corrected chi connectivity index (χ1v) is 6.91. The zero-order valence-electron chi connectivity index (χ0n) is 11.8. The standard InChI is InChI=1S/C16H26O2/c1-13(2)11-16(17)10-9-14(3)18-12-15-7-5-4-6-8-15/h4-8,13-14,16-17H,9-12H2,1-3H3/t14-,16+/m1/s1. The molecule has 2 nitrogen and oxygen atoms in total. The molecule has 1 aromatic carbocycles. The van der Waals surface area contributed by atoms with E-state index in [4.69, 9.17) is 4.74 Å². The first kappa shape index (κ1) is 15.2. The van der Waals surface area contributed by atoms with Crippen LogP contribution in [0.1, 0.15) is 45.6 Å². The first-order valence-electron chi connectivity index (χ1n) is 6.91. The van der Waals surface area contributed by atoms with E-state index < -0.39 is 0 Å². The van der Waals surface area contributed by atoms with E-state index in [2.05, 4.69) is 32.9 Å². The van der Waals surface area contributed by atoms with Crippen LogP contribution < -0.4 is 0 Å². The highest BCUT2D eigenvalue weighted by Crippen LogP contribution is 2.13. The Morgan fingerprint density at radius 1 is 1.06 bits per heavy atom. The van der Waals surface area contributed by atoms with Gasteiger partial charge < -0.3 is 9.84 Å². The Hall–Kier alpha value is -0.860. The Labute approximate surface area is 111 Å². The molecule has 0 aliphatic heterocycles. The summed E-state index contributed by atoms with van der Waals surface area (Å²) in [6.07, 6.45) is 2.64. The highest BCUT2D eigenvalue weighted by atomic mass is 16.5. The van der Waals surface area contributed by atoms with Gasteiger partial charge in [0.05, 0.1) is 18.8 Å². The molecule has 0 spiro atoms. The van der Waals surface area contributed by atoms with Crippen molar-refractivity contribution in [3.8, 4) is 0 Å². The summed E-state index contributed by atoms with van der Waals surface area (Å²) >= 11 is 0. The molecule has 0 amide bonds. The third-order valence-corrected chi connectivity index (χ3v) is 3.03. The Kier molecular flexibility index (Phi) is 6.99. The highest BCUT2D eigenvalue weighted by molar-refractivity contribution is 5.13. The third-order valence-electron chi connectivity index (χ3n) is 3.03.